The molecular weight excluding hydrogens is 328 g/mol. The van der Waals surface area contributed by atoms with E-state index >= 15 is 0 Å². The summed E-state index contributed by atoms with van der Waals surface area (Å²) < 4.78 is 10.6. The number of nitrogens with one attached hydrogen (secondary N) is 2. The summed E-state index contributed by atoms with van der Waals surface area (Å²) in [5.74, 6) is 2.77. The van der Waals surface area contributed by atoms with Crippen molar-refractivity contribution in [2.24, 2.45) is 0 Å². The highest BCUT2D eigenvalue weighted by molar-refractivity contribution is 5.68. The topological polar surface area (TPSA) is 68.3 Å². The number of aromatic nitrogens is 2. The molecule has 0 bridgehead atoms. The Morgan fingerprint density at radius 1 is 0.769 bits per heavy atom. The van der Waals surface area contributed by atoms with E-state index in [2.05, 4.69) is 46.6 Å². The van der Waals surface area contributed by atoms with Crippen molar-refractivity contribution in [1.29, 1.82) is 0 Å². The Bertz CT molecular complexity index is 912. The van der Waals surface area contributed by atoms with Crippen LogP contribution in [-0.4, -0.2) is 24.2 Å². The number of ether oxygens (including phenoxy) is 2. The molecule has 0 saturated carbocycles. The fraction of sp³-hybridized carbons (Fsp3) is 0.200. The largest absolute Gasteiger partial charge is 0.497 e. The minimum atomic E-state index is 0.662. The molecule has 0 fully saturated rings. The first-order chi connectivity index (χ1) is 12.6. The van der Waals surface area contributed by atoms with Gasteiger partial charge in [0.1, 0.15) is 29.5 Å². The molecule has 6 nitrogen and oxygen atoms in total. The maximum atomic E-state index is 5.41. The zero-order valence-corrected chi connectivity index (χ0v) is 15.3. The van der Waals surface area contributed by atoms with Gasteiger partial charge in [-0.05, 0) is 49.2 Å². The number of benzene rings is 2. The lowest BCUT2D eigenvalue weighted by Crippen LogP contribution is -2.00. The van der Waals surface area contributed by atoms with Crippen LogP contribution in [0.25, 0.3) is 0 Å². The molecular formula is C20H22N4O2. The Morgan fingerprint density at radius 2 is 1.54 bits per heavy atom. The SMILES string of the molecule is COc1ccc(Nc2cc(Nc3ccc(C)c(C)c3)ncn2)c(OC)c1. The summed E-state index contributed by atoms with van der Waals surface area (Å²) in [6.45, 7) is 4.18. The summed E-state index contributed by atoms with van der Waals surface area (Å²) in [5.41, 5.74) is 4.27. The maximum Gasteiger partial charge on any atom is 0.146 e. The van der Waals surface area contributed by atoms with Gasteiger partial charge >= 0.3 is 0 Å². The van der Waals surface area contributed by atoms with Crippen molar-refractivity contribution >= 4 is 23.0 Å². The molecule has 0 amide bonds. The molecule has 2 N–H and O–H groups in total. The van der Waals surface area contributed by atoms with Crippen LogP contribution in [0.15, 0.2) is 48.8 Å². The van der Waals surface area contributed by atoms with Gasteiger partial charge in [0.2, 0.25) is 0 Å². The summed E-state index contributed by atoms with van der Waals surface area (Å²) in [6.07, 6.45) is 1.52. The molecule has 1 heterocycles. The number of hydrogen-bond acceptors (Lipinski definition) is 6. The molecule has 134 valence electrons. The molecule has 26 heavy (non-hydrogen) atoms. The minimum absolute atomic E-state index is 0.662. The Morgan fingerprint density at radius 3 is 2.23 bits per heavy atom. The average molecular weight is 350 g/mol. The van der Waals surface area contributed by atoms with Crippen molar-refractivity contribution in [3.8, 4) is 11.5 Å². The predicted octanol–water partition coefficient (Wildman–Crippen LogP) is 4.60. The molecule has 0 aliphatic heterocycles. The molecule has 0 saturated heterocycles. The normalized spacial score (nSPS) is 10.3. The van der Waals surface area contributed by atoms with Gasteiger partial charge in [-0.25, -0.2) is 9.97 Å². The monoisotopic (exact) mass is 350 g/mol. The Kier molecular flexibility index (Phi) is 5.22. The smallest absolute Gasteiger partial charge is 0.146 e. The van der Waals surface area contributed by atoms with Crippen LogP contribution in [0.1, 0.15) is 11.1 Å². The Labute approximate surface area is 153 Å². The van der Waals surface area contributed by atoms with E-state index in [-0.39, 0.29) is 0 Å². The van der Waals surface area contributed by atoms with Crippen LogP contribution in [0.4, 0.5) is 23.0 Å². The van der Waals surface area contributed by atoms with Crippen LogP contribution in [0.2, 0.25) is 0 Å². The predicted molar refractivity (Wildman–Crippen MR) is 104 cm³/mol. The first-order valence-electron chi connectivity index (χ1n) is 8.24. The molecule has 2 aromatic carbocycles. The number of rotatable bonds is 6. The lowest BCUT2D eigenvalue weighted by atomic mass is 10.1. The Hall–Kier alpha value is -3.28. The van der Waals surface area contributed by atoms with E-state index in [1.165, 1.54) is 17.5 Å². The van der Waals surface area contributed by atoms with Gasteiger partial charge in [-0.1, -0.05) is 6.07 Å². The zero-order valence-electron chi connectivity index (χ0n) is 15.3. The van der Waals surface area contributed by atoms with Crippen LogP contribution < -0.4 is 20.1 Å². The molecule has 1 aromatic heterocycles. The first kappa shape index (κ1) is 17.5. The molecule has 6 heteroatoms. The fourth-order valence-corrected chi connectivity index (χ4v) is 2.50. The third-order valence-corrected chi connectivity index (χ3v) is 4.12. The van der Waals surface area contributed by atoms with Crippen LogP contribution in [0.3, 0.4) is 0 Å². The third-order valence-electron chi connectivity index (χ3n) is 4.12. The highest BCUT2D eigenvalue weighted by Crippen LogP contribution is 2.31. The number of hydrogen-bond donors (Lipinski definition) is 2. The van der Waals surface area contributed by atoms with Gasteiger partial charge in [-0.15, -0.1) is 0 Å². The zero-order chi connectivity index (χ0) is 18.5. The lowest BCUT2D eigenvalue weighted by molar-refractivity contribution is 0.395. The van der Waals surface area contributed by atoms with Crippen LogP contribution in [0, 0.1) is 13.8 Å². The van der Waals surface area contributed by atoms with Gasteiger partial charge in [0, 0.05) is 17.8 Å². The molecule has 0 spiro atoms. The minimum Gasteiger partial charge on any atom is -0.497 e. The van der Waals surface area contributed by atoms with Gasteiger partial charge in [0.25, 0.3) is 0 Å². The summed E-state index contributed by atoms with van der Waals surface area (Å²) in [5, 5.41) is 6.55. The van der Waals surface area contributed by atoms with Crippen molar-refractivity contribution in [2.75, 3.05) is 24.9 Å². The van der Waals surface area contributed by atoms with E-state index < -0.39 is 0 Å². The summed E-state index contributed by atoms with van der Waals surface area (Å²) in [6, 6.07) is 13.6. The van der Waals surface area contributed by atoms with Crippen molar-refractivity contribution in [1.82, 2.24) is 9.97 Å². The van der Waals surface area contributed by atoms with Crippen LogP contribution in [0.5, 0.6) is 11.5 Å². The van der Waals surface area contributed by atoms with Crippen molar-refractivity contribution in [3.63, 3.8) is 0 Å². The highest BCUT2D eigenvalue weighted by atomic mass is 16.5. The molecule has 0 atom stereocenters. The summed E-state index contributed by atoms with van der Waals surface area (Å²) in [4.78, 5) is 8.56. The second-order valence-corrected chi connectivity index (χ2v) is 5.90. The average Bonchev–Trinajstić information content (AvgIpc) is 2.65. The Balaban J connectivity index is 1.80. The van der Waals surface area contributed by atoms with Crippen LogP contribution in [-0.2, 0) is 0 Å². The first-order valence-corrected chi connectivity index (χ1v) is 8.24. The number of anilines is 4. The van der Waals surface area contributed by atoms with Gasteiger partial charge < -0.3 is 20.1 Å². The molecule has 3 rings (SSSR count). The fourth-order valence-electron chi connectivity index (χ4n) is 2.50. The maximum absolute atomic E-state index is 5.41. The molecule has 3 aromatic rings. The second-order valence-electron chi connectivity index (χ2n) is 5.90. The van der Waals surface area contributed by atoms with E-state index in [0.29, 0.717) is 17.4 Å². The highest BCUT2D eigenvalue weighted by Gasteiger charge is 2.07. The standard InChI is InChI=1S/C20H22N4O2/c1-13-5-6-15(9-14(13)2)23-19-11-20(22-12-21-19)24-17-8-7-16(25-3)10-18(17)26-4/h5-12H,1-4H3,(H2,21,22,23,24). The number of nitrogens with zero attached hydrogens (tertiary/aromatic N) is 2. The summed E-state index contributed by atoms with van der Waals surface area (Å²) >= 11 is 0. The van der Waals surface area contributed by atoms with Crippen molar-refractivity contribution in [2.45, 2.75) is 13.8 Å². The summed E-state index contributed by atoms with van der Waals surface area (Å²) in [7, 11) is 3.24. The molecule has 0 unspecified atom stereocenters. The van der Waals surface area contributed by atoms with Gasteiger partial charge in [0.05, 0.1) is 19.9 Å². The van der Waals surface area contributed by atoms with Crippen molar-refractivity contribution in [3.05, 3.63) is 59.9 Å². The molecule has 0 aliphatic rings. The lowest BCUT2D eigenvalue weighted by Gasteiger charge is -2.13. The van der Waals surface area contributed by atoms with Gasteiger partial charge in [0.15, 0.2) is 0 Å². The van der Waals surface area contributed by atoms with E-state index in [1.807, 2.05) is 30.3 Å². The molecule has 0 radical (unpaired) electrons. The van der Waals surface area contributed by atoms with Gasteiger partial charge in [-0.3, -0.25) is 0 Å². The van der Waals surface area contributed by atoms with E-state index in [1.54, 1.807) is 14.2 Å². The van der Waals surface area contributed by atoms with E-state index in [0.717, 1.165) is 17.1 Å². The quantitative estimate of drug-likeness (QED) is 0.677. The van der Waals surface area contributed by atoms with E-state index in [4.69, 9.17) is 9.47 Å². The van der Waals surface area contributed by atoms with E-state index in [9.17, 15) is 0 Å². The van der Waals surface area contributed by atoms with Gasteiger partial charge in [-0.2, -0.15) is 0 Å². The third kappa shape index (κ3) is 4.03. The number of methoxy groups -OCH3 is 2. The number of aryl methyl sites for hydroxylation is 2. The second kappa shape index (κ2) is 7.74. The van der Waals surface area contributed by atoms with Crippen LogP contribution >= 0.6 is 0 Å². The molecule has 0 aliphatic carbocycles. The van der Waals surface area contributed by atoms with Crippen molar-refractivity contribution < 1.29 is 9.47 Å².